The summed E-state index contributed by atoms with van der Waals surface area (Å²) in [6.45, 7) is 0.284. The molecule has 0 heterocycles. The van der Waals surface area contributed by atoms with Gasteiger partial charge in [0.25, 0.3) is 0 Å². The maximum absolute atomic E-state index is 13.7. The molecule has 3 nitrogen and oxygen atoms in total. The summed E-state index contributed by atoms with van der Waals surface area (Å²) in [7, 11) is 1.71. The van der Waals surface area contributed by atoms with Gasteiger partial charge in [0.15, 0.2) is 0 Å². The van der Waals surface area contributed by atoms with E-state index in [1.165, 1.54) is 6.07 Å². The van der Waals surface area contributed by atoms with Gasteiger partial charge < -0.3 is 10.6 Å². The Bertz CT molecular complexity index is 501. The molecule has 21 heavy (non-hydrogen) atoms. The number of amides is 1. The van der Waals surface area contributed by atoms with Gasteiger partial charge in [-0.3, -0.25) is 4.79 Å². The van der Waals surface area contributed by atoms with Gasteiger partial charge in [-0.1, -0.05) is 22.4 Å². The van der Waals surface area contributed by atoms with Crippen molar-refractivity contribution in [1.29, 1.82) is 0 Å². The minimum atomic E-state index is -0.287. The second kappa shape index (κ2) is 8.11. The van der Waals surface area contributed by atoms with Gasteiger partial charge in [0.05, 0.1) is 0 Å². The summed E-state index contributed by atoms with van der Waals surface area (Å²) in [5, 5.41) is 0. The van der Waals surface area contributed by atoms with Crippen LogP contribution in [0.4, 0.5) is 4.39 Å². The van der Waals surface area contributed by atoms with Crippen LogP contribution in [0.1, 0.15) is 31.2 Å². The smallest absolute Gasteiger partial charge is 0.222 e. The van der Waals surface area contributed by atoms with Crippen molar-refractivity contribution < 1.29 is 9.18 Å². The van der Waals surface area contributed by atoms with Crippen molar-refractivity contribution in [3.63, 3.8) is 0 Å². The number of hydrogen-bond donors (Lipinski definition) is 1. The highest BCUT2D eigenvalue weighted by molar-refractivity contribution is 9.10. The van der Waals surface area contributed by atoms with E-state index in [2.05, 4.69) is 15.9 Å². The molecule has 1 aromatic carbocycles. The van der Waals surface area contributed by atoms with Crippen LogP contribution in [0.25, 0.3) is 0 Å². The monoisotopic (exact) mass is 378 g/mol. The number of halogens is 3. The van der Waals surface area contributed by atoms with Crippen LogP contribution in [0.15, 0.2) is 22.7 Å². The van der Waals surface area contributed by atoms with Crippen molar-refractivity contribution in [3.8, 4) is 0 Å². The molecular formula is C15H21BrClFN2O. The first-order valence-corrected chi connectivity index (χ1v) is 7.70. The Balaban J connectivity index is 0.00000220. The summed E-state index contributed by atoms with van der Waals surface area (Å²) in [5.41, 5.74) is 6.51. The zero-order valence-electron chi connectivity index (χ0n) is 12.0. The highest BCUT2D eigenvalue weighted by atomic mass is 79.9. The van der Waals surface area contributed by atoms with Crippen molar-refractivity contribution in [2.24, 2.45) is 11.7 Å². The lowest BCUT2D eigenvalue weighted by Crippen LogP contribution is -2.32. The van der Waals surface area contributed by atoms with E-state index < -0.39 is 0 Å². The Morgan fingerprint density at radius 3 is 2.81 bits per heavy atom. The van der Waals surface area contributed by atoms with Gasteiger partial charge in [0.2, 0.25) is 5.91 Å². The highest BCUT2D eigenvalue weighted by Crippen LogP contribution is 2.27. The summed E-state index contributed by atoms with van der Waals surface area (Å²) in [4.78, 5) is 13.8. The third-order valence-corrected chi connectivity index (χ3v) is 4.49. The number of benzene rings is 1. The zero-order chi connectivity index (χ0) is 14.7. The quantitative estimate of drug-likeness (QED) is 0.870. The molecule has 1 aromatic rings. The predicted molar refractivity (Wildman–Crippen MR) is 87.8 cm³/mol. The maximum atomic E-state index is 13.7. The van der Waals surface area contributed by atoms with Gasteiger partial charge in [-0.25, -0.2) is 4.39 Å². The first-order valence-electron chi connectivity index (χ1n) is 6.91. The van der Waals surface area contributed by atoms with Crippen molar-refractivity contribution in [2.75, 3.05) is 7.05 Å². The van der Waals surface area contributed by atoms with E-state index in [1.54, 1.807) is 24.1 Å². The standard InChI is InChI=1S/C15H20BrFN2O.ClH/c1-19(9-11-7-12(16)5-6-13(11)17)15(20)8-10-3-2-4-14(10)18;/h5-7,10,14H,2-4,8-9,18H2,1H3;1H/t10-,14+;/m0./s1. The molecule has 1 saturated carbocycles. The zero-order valence-corrected chi connectivity index (χ0v) is 14.4. The molecule has 0 bridgehead atoms. The molecule has 1 aliphatic carbocycles. The number of carbonyl (C=O) groups is 1. The van der Waals surface area contributed by atoms with Gasteiger partial charge in [-0.05, 0) is 37.0 Å². The average Bonchev–Trinajstić information content (AvgIpc) is 2.79. The lowest BCUT2D eigenvalue weighted by molar-refractivity contribution is -0.131. The van der Waals surface area contributed by atoms with E-state index in [0.29, 0.717) is 12.0 Å². The molecule has 0 radical (unpaired) electrons. The minimum absolute atomic E-state index is 0. The second-order valence-electron chi connectivity index (χ2n) is 5.54. The molecule has 6 heteroatoms. The molecule has 2 atom stereocenters. The van der Waals surface area contributed by atoms with Crippen molar-refractivity contribution in [2.45, 2.75) is 38.3 Å². The fourth-order valence-corrected chi connectivity index (χ4v) is 3.12. The van der Waals surface area contributed by atoms with Crippen molar-refractivity contribution >= 4 is 34.2 Å². The fourth-order valence-electron chi connectivity index (χ4n) is 2.71. The van der Waals surface area contributed by atoms with Crippen molar-refractivity contribution in [3.05, 3.63) is 34.1 Å². The molecule has 0 saturated heterocycles. The highest BCUT2D eigenvalue weighted by Gasteiger charge is 2.27. The Morgan fingerprint density at radius 2 is 2.19 bits per heavy atom. The van der Waals surface area contributed by atoms with E-state index in [9.17, 15) is 9.18 Å². The number of rotatable bonds is 4. The van der Waals surface area contributed by atoms with Gasteiger partial charge in [0, 0.05) is 36.1 Å². The SMILES string of the molecule is CN(Cc1cc(Br)ccc1F)C(=O)C[C@@H]1CCC[C@H]1N.Cl. The Hall–Kier alpha value is -0.650. The Labute approximate surface area is 139 Å². The Kier molecular flexibility index (Phi) is 7.10. The number of nitrogens with zero attached hydrogens (tertiary/aromatic N) is 1. The third-order valence-electron chi connectivity index (χ3n) is 4.00. The first-order chi connectivity index (χ1) is 9.47. The van der Waals surface area contributed by atoms with E-state index >= 15 is 0 Å². The normalized spacial score (nSPS) is 21.0. The van der Waals surface area contributed by atoms with Crippen LogP contribution >= 0.6 is 28.3 Å². The van der Waals surface area contributed by atoms with Crippen LogP contribution in [-0.2, 0) is 11.3 Å². The average molecular weight is 380 g/mol. The van der Waals surface area contributed by atoms with Crippen LogP contribution in [-0.4, -0.2) is 23.9 Å². The lowest BCUT2D eigenvalue weighted by Gasteiger charge is -2.21. The summed E-state index contributed by atoms with van der Waals surface area (Å²) in [5.74, 6) is 0.0226. The van der Waals surface area contributed by atoms with Crippen LogP contribution in [0, 0.1) is 11.7 Å². The molecule has 0 unspecified atom stereocenters. The van der Waals surface area contributed by atoms with E-state index in [0.717, 1.165) is 23.7 Å². The van der Waals surface area contributed by atoms with Gasteiger partial charge in [-0.15, -0.1) is 12.4 Å². The number of carbonyl (C=O) groups excluding carboxylic acids is 1. The number of nitrogens with two attached hydrogens (primary N) is 1. The van der Waals surface area contributed by atoms with Crippen molar-refractivity contribution in [1.82, 2.24) is 4.90 Å². The molecule has 1 fully saturated rings. The van der Waals surface area contributed by atoms with Gasteiger partial charge in [0.1, 0.15) is 5.82 Å². The van der Waals surface area contributed by atoms with Gasteiger partial charge >= 0.3 is 0 Å². The Morgan fingerprint density at radius 1 is 1.48 bits per heavy atom. The molecule has 118 valence electrons. The molecular weight excluding hydrogens is 359 g/mol. The molecule has 0 aromatic heterocycles. The van der Waals surface area contributed by atoms with Crippen LogP contribution in [0.5, 0.6) is 0 Å². The van der Waals surface area contributed by atoms with Crippen LogP contribution < -0.4 is 5.73 Å². The summed E-state index contributed by atoms with van der Waals surface area (Å²) in [6, 6.07) is 4.90. The molecule has 0 aliphatic heterocycles. The fraction of sp³-hybridized carbons (Fsp3) is 0.533. The molecule has 0 spiro atoms. The largest absolute Gasteiger partial charge is 0.341 e. The maximum Gasteiger partial charge on any atom is 0.222 e. The minimum Gasteiger partial charge on any atom is -0.341 e. The summed E-state index contributed by atoms with van der Waals surface area (Å²) in [6.07, 6.45) is 3.59. The van der Waals surface area contributed by atoms with Gasteiger partial charge in [-0.2, -0.15) is 0 Å². The first kappa shape index (κ1) is 18.4. The van der Waals surface area contributed by atoms with E-state index in [4.69, 9.17) is 5.73 Å². The topological polar surface area (TPSA) is 46.3 Å². The molecule has 2 N–H and O–H groups in total. The lowest BCUT2D eigenvalue weighted by atomic mass is 9.99. The molecule has 1 amide bonds. The second-order valence-corrected chi connectivity index (χ2v) is 6.46. The van der Waals surface area contributed by atoms with Crippen LogP contribution in [0.2, 0.25) is 0 Å². The molecule has 1 aliphatic rings. The molecule has 2 rings (SSSR count). The van der Waals surface area contributed by atoms with Crippen LogP contribution in [0.3, 0.4) is 0 Å². The summed E-state index contributed by atoms with van der Waals surface area (Å²) >= 11 is 3.32. The van der Waals surface area contributed by atoms with E-state index in [1.807, 2.05) is 0 Å². The summed E-state index contributed by atoms with van der Waals surface area (Å²) < 4.78 is 14.5. The predicted octanol–water partition coefficient (Wildman–Crippen LogP) is 3.49. The number of hydrogen-bond acceptors (Lipinski definition) is 2. The third kappa shape index (κ3) is 4.94. The van der Waals surface area contributed by atoms with E-state index in [-0.39, 0.29) is 42.6 Å².